The highest BCUT2D eigenvalue weighted by Gasteiger charge is 2.18. The van der Waals surface area contributed by atoms with Crippen molar-refractivity contribution in [2.45, 2.75) is 58.8 Å². The van der Waals surface area contributed by atoms with Crippen LogP contribution in [0.1, 0.15) is 59.1 Å². The fourth-order valence-corrected chi connectivity index (χ4v) is 3.36. The molecule has 0 radical (unpaired) electrons. The van der Waals surface area contributed by atoms with Crippen molar-refractivity contribution < 1.29 is 23.7 Å². The highest BCUT2D eigenvalue weighted by molar-refractivity contribution is 5.46. The molecule has 2 aromatic carbocycles. The Balaban J connectivity index is 1.75. The molecule has 0 N–H and O–H groups in total. The normalized spacial score (nSPS) is 16.4. The lowest BCUT2D eigenvalue weighted by molar-refractivity contribution is 0.0739. The molecule has 0 spiro atoms. The average molecular weight is 443 g/mol. The molecule has 1 heterocycles. The van der Waals surface area contributed by atoms with Crippen LogP contribution in [0, 0.1) is 0 Å². The zero-order chi connectivity index (χ0) is 23.2. The van der Waals surface area contributed by atoms with Gasteiger partial charge in [-0.25, -0.2) is 0 Å². The summed E-state index contributed by atoms with van der Waals surface area (Å²) in [4.78, 5) is 0. The van der Waals surface area contributed by atoms with Gasteiger partial charge >= 0.3 is 0 Å². The van der Waals surface area contributed by atoms with Gasteiger partial charge in [-0.05, 0) is 46.2 Å². The smallest absolute Gasteiger partial charge is 0.161 e. The van der Waals surface area contributed by atoms with E-state index in [1.54, 1.807) is 0 Å². The molecule has 0 bridgehead atoms. The summed E-state index contributed by atoms with van der Waals surface area (Å²) < 4.78 is 29.8. The maximum Gasteiger partial charge on any atom is 0.161 e. The van der Waals surface area contributed by atoms with Gasteiger partial charge in [0.1, 0.15) is 13.2 Å². The average Bonchev–Trinajstić information content (AvgIpc) is 2.71. The summed E-state index contributed by atoms with van der Waals surface area (Å²) in [6, 6.07) is 12.3. The van der Waals surface area contributed by atoms with Crippen molar-refractivity contribution in [3.63, 3.8) is 0 Å². The van der Waals surface area contributed by atoms with E-state index in [1.165, 1.54) is 11.1 Å². The van der Waals surface area contributed by atoms with E-state index in [4.69, 9.17) is 23.7 Å². The van der Waals surface area contributed by atoms with Crippen LogP contribution < -0.4 is 18.9 Å². The second-order valence-electron chi connectivity index (χ2n) is 10.2. The van der Waals surface area contributed by atoms with Crippen LogP contribution in [0.15, 0.2) is 36.4 Å². The molecule has 2 aromatic rings. The standard InChI is InChI=1S/C27H38O5/c1-26(2,3)20-8-10-22-24(18-20)29-12-7-13-30-25-19-21(27(4,5)6)9-11-23(25)32-17-15-28-14-16-31-22/h8-11,18-19H,7,12-17H2,1-6H3. The molecule has 0 saturated heterocycles. The molecule has 0 saturated carbocycles. The van der Waals surface area contributed by atoms with Gasteiger partial charge < -0.3 is 23.7 Å². The van der Waals surface area contributed by atoms with Crippen molar-refractivity contribution >= 4 is 0 Å². The number of fused-ring (bicyclic) bond motifs is 2. The third-order valence-electron chi connectivity index (χ3n) is 5.39. The van der Waals surface area contributed by atoms with Crippen LogP contribution in [0.25, 0.3) is 0 Å². The zero-order valence-electron chi connectivity index (χ0n) is 20.5. The van der Waals surface area contributed by atoms with Crippen LogP contribution in [0.4, 0.5) is 0 Å². The van der Waals surface area contributed by atoms with E-state index < -0.39 is 0 Å². The predicted molar refractivity (Wildman–Crippen MR) is 128 cm³/mol. The number of rotatable bonds is 0. The monoisotopic (exact) mass is 442 g/mol. The van der Waals surface area contributed by atoms with Crippen LogP contribution in [-0.2, 0) is 15.6 Å². The minimum atomic E-state index is 0.0360. The van der Waals surface area contributed by atoms with Gasteiger partial charge in [-0.3, -0.25) is 0 Å². The van der Waals surface area contributed by atoms with E-state index in [9.17, 15) is 0 Å². The van der Waals surface area contributed by atoms with E-state index in [0.717, 1.165) is 29.4 Å². The van der Waals surface area contributed by atoms with Crippen molar-refractivity contribution in [2.24, 2.45) is 0 Å². The number of ether oxygens (including phenoxy) is 5. The lowest BCUT2D eigenvalue weighted by Crippen LogP contribution is -2.16. The van der Waals surface area contributed by atoms with E-state index in [2.05, 4.69) is 65.8 Å². The van der Waals surface area contributed by atoms with Crippen LogP contribution in [0.5, 0.6) is 23.0 Å². The van der Waals surface area contributed by atoms with Gasteiger partial charge in [-0.15, -0.1) is 0 Å². The number of hydrogen-bond acceptors (Lipinski definition) is 5. The maximum absolute atomic E-state index is 6.11. The number of benzene rings is 2. The second kappa shape index (κ2) is 10.5. The summed E-state index contributed by atoms with van der Waals surface area (Å²) >= 11 is 0. The quantitative estimate of drug-likeness (QED) is 0.507. The van der Waals surface area contributed by atoms with Crippen molar-refractivity contribution in [2.75, 3.05) is 39.6 Å². The van der Waals surface area contributed by atoms with Gasteiger partial charge in [0.2, 0.25) is 0 Å². The number of hydrogen-bond donors (Lipinski definition) is 0. The molecule has 0 atom stereocenters. The van der Waals surface area contributed by atoms with Gasteiger partial charge in [0, 0.05) is 6.42 Å². The fraction of sp³-hybridized carbons (Fsp3) is 0.556. The van der Waals surface area contributed by atoms with Gasteiger partial charge in [0.05, 0.1) is 26.4 Å². The minimum Gasteiger partial charge on any atom is -0.490 e. The first kappa shape index (κ1) is 24.2. The molecule has 0 aromatic heterocycles. The Labute approximate surface area is 193 Å². The highest BCUT2D eigenvalue weighted by atomic mass is 16.6. The molecule has 0 unspecified atom stereocenters. The third kappa shape index (κ3) is 6.80. The molecule has 1 aliphatic heterocycles. The van der Waals surface area contributed by atoms with Crippen LogP contribution >= 0.6 is 0 Å². The SMILES string of the molecule is CC(C)(C)c1ccc2c(c1)OCCCOc1cc(C(C)(C)C)ccc1OCCOCCO2. The first-order valence-corrected chi connectivity index (χ1v) is 11.5. The molecular weight excluding hydrogens is 404 g/mol. The molecule has 5 nitrogen and oxygen atoms in total. The van der Waals surface area contributed by atoms with Gasteiger partial charge in [0.25, 0.3) is 0 Å². The summed E-state index contributed by atoms with van der Waals surface area (Å²) in [7, 11) is 0. The van der Waals surface area contributed by atoms with Crippen molar-refractivity contribution in [3.05, 3.63) is 47.5 Å². The molecule has 0 aliphatic carbocycles. The predicted octanol–water partition coefficient (Wildman–Crippen LogP) is 5.92. The molecule has 1 aliphatic rings. The lowest BCUT2D eigenvalue weighted by Gasteiger charge is -2.22. The zero-order valence-corrected chi connectivity index (χ0v) is 20.5. The molecule has 176 valence electrons. The maximum atomic E-state index is 6.11. The first-order chi connectivity index (χ1) is 15.1. The summed E-state index contributed by atoms with van der Waals surface area (Å²) in [5, 5.41) is 0. The van der Waals surface area contributed by atoms with Crippen molar-refractivity contribution in [1.29, 1.82) is 0 Å². The van der Waals surface area contributed by atoms with Crippen LogP contribution in [0.2, 0.25) is 0 Å². The summed E-state index contributed by atoms with van der Waals surface area (Å²) in [5.41, 5.74) is 2.49. The van der Waals surface area contributed by atoms with E-state index in [1.807, 2.05) is 12.1 Å². The van der Waals surface area contributed by atoms with Crippen molar-refractivity contribution in [3.8, 4) is 23.0 Å². The van der Waals surface area contributed by atoms with Gasteiger partial charge in [-0.2, -0.15) is 0 Å². The highest BCUT2D eigenvalue weighted by Crippen LogP contribution is 2.35. The van der Waals surface area contributed by atoms with E-state index in [0.29, 0.717) is 39.6 Å². The first-order valence-electron chi connectivity index (χ1n) is 11.5. The molecule has 5 heteroatoms. The third-order valence-corrected chi connectivity index (χ3v) is 5.39. The van der Waals surface area contributed by atoms with Gasteiger partial charge in [0.15, 0.2) is 23.0 Å². The van der Waals surface area contributed by atoms with Crippen LogP contribution in [-0.4, -0.2) is 39.6 Å². The Hall–Kier alpha value is -2.40. The Morgan fingerprint density at radius 2 is 0.906 bits per heavy atom. The van der Waals surface area contributed by atoms with Crippen LogP contribution in [0.3, 0.4) is 0 Å². The molecule has 0 fully saturated rings. The summed E-state index contributed by atoms with van der Waals surface area (Å²) in [6.07, 6.45) is 0.751. The van der Waals surface area contributed by atoms with Gasteiger partial charge in [-0.1, -0.05) is 53.7 Å². The largest absolute Gasteiger partial charge is 0.490 e. The summed E-state index contributed by atoms with van der Waals surface area (Å²) in [5.74, 6) is 3.02. The molecule has 32 heavy (non-hydrogen) atoms. The topological polar surface area (TPSA) is 46.2 Å². The van der Waals surface area contributed by atoms with E-state index in [-0.39, 0.29) is 10.8 Å². The Kier molecular flexibility index (Phi) is 7.94. The van der Waals surface area contributed by atoms with E-state index >= 15 is 0 Å². The molecular formula is C27H38O5. The second-order valence-corrected chi connectivity index (χ2v) is 10.2. The molecule has 3 rings (SSSR count). The summed E-state index contributed by atoms with van der Waals surface area (Å²) in [6.45, 7) is 16.1. The Bertz CT molecular complexity index is 805. The Morgan fingerprint density at radius 1 is 0.500 bits per heavy atom. The minimum absolute atomic E-state index is 0.0360. The fourth-order valence-electron chi connectivity index (χ4n) is 3.36. The lowest BCUT2D eigenvalue weighted by atomic mass is 9.87. The van der Waals surface area contributed by atoms with Crippen molar-refractivity contribution in [1.82, 2.24) is 0 Å². The molecule has 0 amide bonds. The Morgan fingerprint density at radius 3 is 1.31 bits per heavy atom.